The van der Waals surface area contributed by atoms with E-state index in [0.29, 0.717) is 12.5 Å². The molecule has 0 amide bonds. The lowest BCUT2D eigenvalue weighted by atomic mass is 10.4. The van der Waals surface area contributed by atoms with Gasteiger partial charge in [0.1, 0.15) is 0 Å². The van der Waals surface area contributed by atoms with Crippen molar-refractivity contribution in [3.05, 3.63) is 0 Å². The molecule has 0 saturated carbocycles. The Bertz CT molecular complexity index is 142. The highest BCUT2D eigenvalue weighted by molar-refractivity contribution is 4.87. The molecule has 2 atom stereocenters. The van der Waals surface area contributed by atoms with E-state index < -0.39 is 0 Å². The molecule has 2 aliphatic heterocycles. The van der Waals surface area contributed by atoms with Gasteiger partial charge >= 0.3 is 0 Å². The number of epoxide rings is 1. The monoisotopic (exact) mass is 158 g/mol. The fourth-order valence-electron chi connectivity index (χ4n) is 1.46. The zero-order valence-corrected chi connectivity index (χ0v) is 6.75. The van der Waals surface area contributed by atoms with Crippen LogP contribution in [0.2, 0.25) is 0 Å². The van der Waals surface area contributed by atoms with Crippen molar-refractivity contribution in [2.24, 2.45) is 0 Å². The molecule has 2 heterocycles. The summed E-state index contributed by atoms with van der Waals surface area (Å²) in [4.78, 5) is 2.31. The summed E-state index contributed by atoms with van der Waals surface area (Å²) in [6.07, 6.45) is 0.638. The van der Waals surface area contributed by atoms with Gasteiger partial charge in [0, 0.05) is 26.7 Å². The number of nitrogens with zero attached hydrogens (tertiary/aromatic N) is 1. The van der Waals surface area contributed by atoms with E-state index in [1.54, 1.807) is 7.11 Å². The lowest BCUT2D eigenvalue weighted by Gasteiger charge is -2.22. The highest BCUT2D eigenvalue weighted by Crippen LogP contribution is 2.25. The second-order valence-corrected chi connectivity index (χ2v) is 2.93. The smallest absolute Gasteiger partial charge is 0.153 e. The van der Waals surface area contributed by atoms with Gasteiger partial charge in [-0.25, -0.2) is 0 Å². The van der Waals surface area contributed by atoms with Gasteiger partial charge in [-0.15, -0.1) is 0 Å². The van der Waals surface area contributed by atoms with Crippen LogP contribution in [0.4, 0.5) is 0 Å². The van der Waals surface area contributed by atoms with E-state index in [1.807, 2.05) is 0 Å². The molecule has 64 valence electrons. The molecular formula is C7H14N2O2. The number of nitrogens with one attached hydrogen (secondary N) is 1. The van der Waals surface area contributed by atoms with Crippen LogP contribution in [-0.2, 0) is 9.47 Å². The average Bonchev–Trinajstić information content (AvgIpc) is 2.79. The van der Waals surface area contributed by atoms with Crippen molar-refractivity contribution >= 4 is 0 Å². The normalized spacial score (nSPS) is 36.8. The van der Waals surface area contributed by atoms with Gasteiger partial charge in [-0.2, -0.15) is 0 Å². The summed E-state index contributed by atoms with van der Waals surface area (Å²) in [7, 11) is 1.73. The Balaban J connectivity index is 1.75. The molecule has 1 N–H and O–H groups in total. The summed E-state index contributed by atoms with van der Waals surface area (Å²) < 4.78 is 10.3. The quantitative estimate of drug-likeness (QED) is 0.547. The Morgan fingerprint density at radius 3 is 3.45 bits per heavy atom. The van der Waals surface area contributed by atoms with Gasteiger partial charge in [0.2, 0.25) is 0 Å². The van der Waals surface area contributed by atoms with Crippen molar-refractivity contribution in [3.63, 3.8) is 0 Å². The molecule has 4 heteroatoms. The minimum atomic E-state index is 0.306. The number of rotatable bonds is 3. The van der Waals surface area contributed by atoms with E-state index >= 15 is 0 Å². The molecule has 0 bridgehead atoms. The first-order valence-electron chi connectivity index (χ1n) is 4.03. The summed E-state index contributed by atoms with van der Waals surface area (Å²) in [6, 6.07) is 0. The maximum absolute atomic E-state index is 5.35. The molecule has 0 spiro atoms. The average molecular weight is 158 g/mol. The number of piperazine rings is 1. The largest absolute Gasteiger partial charge is 0.383 e. The van der Waals surface area contributed by atoms with Crippen LogP contribution in [0.25, 0.3) is 0 Å². The Hall–Kier alpha value is -0.160. The summed E-state index contributed by atoms with van der Waals surface area (Å²) in [5, 5.41) is 3.26. The van der Waals surface area contributed by atoms with Gasteiger partial charge in [-0.05, 0) is 0 Å². The molecule has 2 saturated heterocycles. The fourth-order valence-corrected chi connectivity index (χ4v) is 1.46. The second kappa shape index (κ2) is 3.06. The molecule has 0 radical (unpaired) electrons. The maximum atomic E-state index is 5.35. The minimum absolute atomic E-state index is 0.306. The number of fused-ring (bicyclic) bond motifs is 1. The summed E-state index contributed by atoms with van der Waals surface area (Å²) >= 11 is 0. The van der Waals surface area contributed by atoms with Crippen molar-refractivity contribution < 1.29 is 9.47 Å². The predicted octanol–water partition coefficient (Wildman–Crippen LogP) is -0.780. The molecular weight excluding hydrogens is 144 g/mol. The predicted molar refractivity (Wildman–Crippen MR) is 40.1 cm³/mol. The van der Waals surface area contributed by atoms with Crippen LogP contribution < -0.4 is 5.32 Å². The Labute approximate surface area is 66.5 Å². The lowest BCUT2D eigenvalue weighted by molar-refractivity contribution is 0.114. The van der Waals surface area contributed by atoms with Crippen molar-refractivity contribution in [2.75, 3.05) is 33.4 Å². The van der Waals surface area contributed by atoms with Gasteiger partial charge in [-0.1, -0.05) is 0 Å². The summed E-state index contributed by atoms with van der Waals surface area (Å²) in [5.41, 5.74) is 0. The third-order valence-electron chi connectivity index (χ3n) is 2.16. The van der Waals surface area contributed by atoms with Gasteiger partial charge in [0.05, 0.1) is 6.61 Å². The highest BCUT2D eigenvalue weighted by atomic mass is 16.6. The van der Waals surface area contributed by atoms with Crippen LogP contribution >= 0.6 is 0 Å². The molecule has 2 aliphatic rings. The molecule has 0 aliphatic carbocycles. The van der Waals surface area contributed by atoms with E-state index in [4.69, 9.17) is 9.47 Å². The number of methoxy groups -OCH3 is 1. The Morgan fingerprint density at radius 1 is 1.73 bits per heavy atom. The van der Waals surface area contributed by atoms with Crippen LogP contribution in [0.15, 0.2) is 0 Å². The van der Waals surface area contributed by atoms with E-state index in [9.17, 15) is 0 Å². The first kappa shape index (κ1) is 7.49. The summed E-state index contributed by atoms with van der Waals surface area (Å²) in [6.45, 7) is 3.89. The topological polar surface area (TPSA) is 37.0 Å². The first-order chi connectivity index (χ1) is 5.42. The molecule has 0 aromatic heterocycles. The second-order valence-electron chi connectivity index (χ2n) is 2.93. The standard InChI is InChI=1S/C7H14N2O2/c1-10-5-4-9-3-2-8-6-7(9)11-6/h6-8H,2-5H2,1H3. The SMILES string of the molecule is COCCN1CCNC2OC21. The summed E-state index contributed by atoms with van der Waals surface area (Å²) in [5.74, 6) is 0. The van der Waals surface area contributed by atoms with Crippen LogP contribution in [0, 0.1) is 0 Å². The van der Waals surface area contributed by atoms with E-state index in [0.717, 1.165) is 26.2 Å². The van der Waals surface area contributed by atoms with Crippen LogP contribution in [0.1, 0.15) is 0 Å². The van der Waals surface area contributed by atoms with Gasteiger partial charge in [0.15, 0.2) is 12.5 Å². The third kappa shape index (κ3) is 1.54. The van der Waals surface area contributed by atoms with E-state index in [-0.39, 0.29) is 0 Å². The van der Waals surface area contributed by atoms with Gasteiger partial charge < -0.3 is 9.47 Å². The number of ether oxygens (including phenoxy) is 2. The number of hydrogen-bond acceptors (Lipinski definition) is 4. The van der Waals surface area contributed by atoms with Crippen LogP contribution in [0.3, 0.4) is 0 Å². The van der Waals surface area contributed by atoms with Crippen molar-refractivity contribution in [3.8, 4) is 0 Å². The molecule has 2 fully saturated rings. The molecule has 11 heavy (non-hydrogen) atoms. The van der Waals surface area contributed by atoms with Gasteiger partial charge in [0.25, 0.3) is 0 Å². The van der Waals surface area contributed by atoms with Crippen molar-refractivity contribution in [1.29, 1.82) is 0 Å². The molecule has 4 nitrogen and oxygen atoms in total. The molecule has 0 aromatic rings. The zero-order chi connectivity index (χ0) is 7.68. The lowest BCUT2D eigenvalue weighted by Crippen LogP contribution is -2.44. The van der Waals surface area contributed by atoms with Gasteiger partial charge in [-0.3, -0.25) is 10.2 Å². The minimum Gasteiger partial charge on any atom is -0.383 e. The molecule has 2 rings (SSSR count). The van der Waals surface area contributed by atoms with Crippen LogP contribution in [0.5, 0.6) is 0 Å². The third-order valence-corrected chi connectivity index (χ3v) is 2.16. The Morgan fingerprint density at radius 2 is 2.64 bits per heavy atom. The van der Waals surface area contributed by atoms with E-state index in [1.165, 1.54) is 0 Å². The fraction of sp³-hybridized carbons (Fsp3) is 1.00. The van der Waals surface area contributed by atoms with Crippen molar-refractivity contribution in [1.82, 2.24) is 10.2 Å². The van der Waals surface area contributed by atoms with E-state index in [2.05, 4.69) is 10.2 Å². The Kier molecular flexibility index (Phi) is 2.09. The molecule has 2 unspecified atom stereocenters. The van der Waals surface area contributed by atoms with Crippen LogP contribution in [-0.4, -0.2) is 50.7 Å². The maximum Gasteiger partial charge on any atom is 0.153 e. The molecule has 0 aromatic carbocycles. The van der Waals surface area contributed by atoms with Crippen molar-refractivity contribution in [2.45, 2.75) is 12.5 Å². The highest BCUT2D eigenvalue weighted by Gasteiger charge is 2.45. The number of hydrogen-bond donors (Lipinski definition) is 1. The first-order valence-corrected chi connectivity index (χ1v) is 4.03. The zero-order valence-electron chi connectivity index (χ0n) is 6.75.